The number of fused-ring (bicyclic) bond motifs is 1. The lowest BCUT2D eigenvalue weighted by molar-refractivity contribution is -0.147. The summed E-state index contributed by atoms with van der Waals surface area (Å²) in [6.07, 6.45) is 6.72. The monoisotopic (exact) mass is 331 g/mol. The molecule has 7 nitrogen and oxygen atoms in total. The van der Waals surface area contributed by atoms with Crippen LogP contribution in [0.15, 0.2) is 24.5 Å². The Morgan fingerprint density at radius 3 is 3.17 bits per heavy atom. The van der Waals surface area contributed by atoms with E-state index in [0.29, 0.717) is 19.1 Å². The highest BCUT2D eigenvalue weighted by atomic mass is 16.5. The molecule has 4 rings (SSSR count). The third-order valence-electron chi connectivity index (χ3n) is 5.37. The highest BCUT2D eigenvalue weighted by molar-refractivity contribution is 5.82. The van der Waals surface area contributed by atoms with Gasteiger partial charge in [0, 0.05) is 37.9 Å². The zero-order chi connectivity index (χ0) is 16.4. The standard InChI is InChI=1S/C17H25N5O2/c23-17(14-5-7-20-21-14)22-8-9-24-16-12(3-4-15(16)22)10-19-13-2-1-6-18-11-13/h1-2,6,11-12,14-16,19-21H,3-5,7-10H2/t12?,14?,15-,16-/m0/s1. The summed E-state index contributed by atoms with van der Waals surface area (Å²) in [5.41, 5.74) is 7.18. The maximum atomic E-state index is 12.8. The molecule has 0 bridgehead atoms. The lowest BCUT2D eigenvalue weighted by atomic mass is 10.0. The van der Waals surface area contributed by atoms with Gasteiger partial charge in [0.2, 0.25) is 5.91 Å². The van der Waals surface area contributed by atoms with E-state index in [1.165, 1.54) is 0 Å². The molecule has 3 N–H and O–H groups in total. The van der Waals surface area contributed by atoms with Gasteiger partial charge < -0.3 is 15.0 Å². The van der Waals surface area contributed by atoms with E-state index in [9.17, 15) is 4.79 Å². The largest absolute Gasteiger partial charge is 0.383 e. The number of pyridine rings is 1. The van der Waals surface area contributed by atoms with Gasteiger partial charge in [-0.1, -0.05) is 0 Å². The number of carbonyl (C=O) groups excluding carboxylic acids is 1. The van der Waals surface area contributed by atoms with Crippen molar-refractivity contribution in [3.05, 3.63) is 24.5 Å². The van der Waals surface area contributed by atoms with Crippen molar-refractivity contribution in [2.45, 2.75) is 37.5 Å². The summed E-state index contributed by atoms with van der Waals surface area (Å²) >= 11 is 0. The Balaban J connectivity index is 1.38. The summed E-state index contributed by atoms with van der Waals surface area (Å²) < 4.78 is 6.06. The maximum absolute atomic E-state index is 12.8. The van der Waals surface area contributed by atoms with Crippen molar-refractivity contribution in [3.8, 4) is 0 Å². The van der Waals surface area contributed by atoms with E-state index in [1.807, 2.05) is 18.3 Å². The van der Waals surface area contributed by atoms with Gasteiger partial charge in [-0.3, -0.25) is 15.2 Å². The number of rotatable bonds is 4. The summed E-state index contributed by atoms with van der Waals surface area (Å²) in [6, 6.07) is 4.08. The number of hydrogen-bond donors (Lipinski definition) is 3. The highest BCUT2D eigenvalue weighted by Crippen LogP contribution is 2.35. The zero-order valence-corrected chi connectivity index (χ0v) is 13.8. The van der Waals surface area contributed by atoms with Crippen molar-refractivity contribution >= 4 is 11.6 Å². The van der Waals surface area contributed by atoms with Crippen LogP contribution in [0.5, 0.6) is 0 Å². The molecule has 2 unspecified atom stereocenters. The number of ether oxygens (including phenoxy) is 1. The van der Waals surface area contributed by atoms with Crippen LogP contribution in [0.4, 0.5) is 5.69 Å². The maximum Gasteiger partial charge on any atom is 0.241 e. The number of morpholine rings is 1. The Hall–Kier alpha value is -1.70. The van der Waals surface area contributed by atoms with E-state index < -0.39 is 0 Å². The number of nitrogens with one attached hydrogen (secondary N) is 3. The first-order chi connectivity index (χ1) is 11.8. The van der Waals surface area contributed by atoms with Gasteiger partial charge in [0.25, 0.3) is 0 Å². The molecule has 0 radical (unpaired) electrons. The molecule has 4 atom stereocenters. The second-order valence-corrected chi connectivity index (χ2v) is 6.81. The Labute approximate surface area is 142 Å². The van der Waals surface area contributed by atoms with Gasteiger partial charge in [-0.15, -0.1) is 0 Å². The third-order valence-corrected chi connectivity index (χ3v) is 5.37. The quantitative estimate of drug-likeness (QED) is 0.740. The van der Waals surface area contributed by atoms with E-state index in [1.54, 1.807) is 6.20 Å². The number of aromatic nitrogens is 1. The first-order valence-corrected chi connectivity index (χ1v) is 8.87. The molecule has 1 aliphatic carbocycles. The average Bonchev–Trinajstić information content (AvgIpc) is 3.30. The van der Waals surface area contributed by atoms with Gasteiger partial charge in [0.1, 0.15) is 6.04 Å². The Morgan fingerprint density at radius 2 is 2.38 bits per heavy atom. The molecule has 130 valence electrons. The van der Waals surface area contributed by atoms with Gasteiger partial charge in [0.05, 0.1) is 24.4 Å². The van der Waals surface area contributed by atoms with Crippen molar-refractivity contribution in [1.29, 1.82) is 0 Å². The second-order valence-electron chi connectivity index (χ2n) is 6.81. The van der Waals surface area contributed by atoms with E-state index >= 15 is 0 Å². The molecule has 3 fully saturated rings. The molecule has 1 aromatic heterocycles. The molecule has 1 aromatic rings. The predicted molar refractivity (Wildman–Crippen MR) is 90.2 cm³/mol. The van der Waals surface area contributed by atoms with Crippen LogP contribution in [-0.2, 0) is 9.53 Å². The molecular weight excluding hydrogens is 306 g/mol. The number of carbonyl (C=O) groups is 1. The number of amides is 1. The predicted octanol–water partition coefficient (Wildman–Crippen LogP) is 0.366. The molecule has 24 heavy (non-hydrogen) atoms. The fourth-order valence-corrected chi connectivity index (χ4v) is 4.14. The van der Waals surface area contributed by atoms with Crippen LogP contribution in [-0.4, -0.2) is 60.2 Å². The van der Waals surface area contributed by atoms with Crippen LogP contribution < -0.4 is 16.2 Å². The Bertz CT molecular complexity index is 563. The van der Waals surface area contributed by atoms with Crippen LogP contribution in [0.1, 0.15) is 19.3 Å². The molecule has 2 aliphatic heterocycles. The summed E-state index contributed by atoms with van der Waals surface area (Å²) in [5.74, 6) is 0.652. The summed E-state index contributed by atoms with van der Waals surface area (Å²) in [7, 11) is 0. The minimum absolute atomic E-state index is 0.0867. The van der Waals surface area contributed by atoms with Crippen molar-refractivity contribution in [2.75, 3.05) is 31.6 Å². The molecule has 3 aliphatic rings. The number of hydrazine groups is 1. The number of nitrogens with zero attached hydrogens (tertiary/aromatic N) is 2. The fraction of sp³-hybridized carbons (Fsp3) is 0.647. The van der Waals surface area contributed by atoms with E-state index in [-0.39, 0.29) is 24.1 Å². The lowest BCUT2D eigenvalue weighted by Crippen LogP contribution is -2.57. The molecule has 1 saturated carbocycles. The molecule has 1 amide bonds. The first-order valence-electron chi connectivity index (χ1n) is 8.87. The molecule has 0 aromatic carbocycles. The number of anilines is 1. The van der Waals surface area contributed by atoms with Crippen molar-refractivity contribution in [3.63, 3.8) is 0 Å². The van der Waals surface area contributed by atoms with Gasteiger partial charge in [0.15, 0.2) is 0 Å². The number of hydrogen-bond acceptors (Lipinski definition) is 6. The SMILES string of the molecule is O=C(C1CCNN1)N1CCO[C@H]2C(CNc3cccnc3)CC[C@@H]21. The summed E-state index contributed by atoms with van der Waals surface area (Å²) in [5, 5.41) is 3.45. The normalized spacial score (nSPS) is 32.6. The minimum Gasteiger partial charge on any atom is -0.383 e. The van der Waals surface area contributed by atoms with Gasteiger partial charge in [-0.25, -0.2) is 5.43 Å². The minimum atomic E-state index is -0.0867. The molecule has 0 spiro atoms. The van der Waals surface area contributed by atoms with Crippen molar-refractivity contribution in [2.24, 2.45) is 5.92 Å². The smallest absolute Gasteiger partial charge is 0.241 e. The van der Waals surface area contributed by atoms with Crippen molar-refractivity contribution in [1.82, 2.24) is 20.7 Å². The van der Waals surface area contributed by atoms with Gasteiger partial charge in [-0.2, -0.15) is 0 Å². The fourth-order valence-electron chi connectivity index (χ4n) is 4.14. The van der Waals surface area contributed by atoms with Crippen LogP contribution in [0, 0.1) is 5.92 Å². The zero-order valence-electron chi connectivity index (χ0n) is 13.8. The first kappa shape index (κ1) is 15.8. The van der Waals surface area contributed by atoms with Crippen LogP contribution in [0.2, 0.25) is 0 Å². The molecular formula is C17H25N5O2. The molecule has 3 heterocycles. The third kappa shape index (κ3) is 3.11. The van der Waals surface area contributed by atoms with E-state index in [4.69, 9.17) is 4.74 Å². The topological polar surface area (TPSA) is 78.5 Å². The molecule has 2 saturated heterocycles. The molecule has 7 heteroatoms. The van der Waals surface area contributed by atoms with Crippen LogP contribution in [0.3, 0.4) is 0 Å². The summed E-state index contributed by atoms with van der Waals surface area (Å²) in [4.78, 5) is 19.0. The van der Waals surface area contributed by atoms with Crippen LogP contribution >= 0.6 is 0 Å². The van der Waals surface area contributed by atoms with Gasteiger partial charge in [-0.05, 0) is 31.4 Å². The van der Waals surface area contributed by atoms with E-state index in [0.717, 1.165) is 38.0 Å². The van der Waals surface area contributed by atoms with Gasteiger partial charge >= 0.3 is 0 Å². The van der Waals surface area contributed by atoms with E-state index in [2.05, 4.69) is 26.1 Å². The Kier molecular flexibility index (Phi) is 4.64. The summed E-state index contributed by atoms with van der Waals surface area (Å²) in [6.45, 7) is 3.06. The van der Waals surface area contributed by atoms with Crippen LogP contribution in [0.25, 0.3) is 0 Å². The van der Waals surface area contributed by atoms with Crippen molar-refractivity contribution < 1.29 is 9.53 Å². The lowest BCUT2D eigenvalue weighted by Gasteiger charge is -2.40. The second kappa shape index (κ2) is 7.04. The Morgan fingerprint density at radius 1 is 1.42 bits per heavy atom. The highest BCUT2D eigenvalue weighted by Gasteiger charge is 2.45. The average molecular weight is 331 g/mol.